The first-order valence-corrected chi connectivity index (χ1v) is 10.3. The van der Waals surface area contributed by atoms with Crippen LogP contribution in [0.25, 0.3) is 5.65 Å². The SMILES string of the molecule is CCC(=O)N[C@@H](Cc1cn2cc(Cl)ccc2n1)C(=O)N[C@H](CN)Cc1ccccc1. The van der Waals surface area contributed by atoms with Crippen molar-refractivity contribution in [1.29, 1.82) is 0 Å². The van der Waals surface area contributed by atoms with E-state index in [-0.39, 0.29) is 30.7 Å². The summed E-state index contributed by atoms with van der Waals surface area (Å²) in [5.41, 5.74) is 8.37. The van der Waals surface area contributed by atoms with Crippen LogP contribution in [0, 0.1) is 0 Å². The first kappa shape index (κ1) is 21.8. The predicted octanol–water partition coefficient (Wildman–Crippen LogP) is 2.11. The Kier molecular flexibility index (Phi) is 7.43. The van der Waals surface area contributed by atoms with Crippen LogP contribution in [0.1, 0.15) is 24.6 Å². The molecule has 2 amide bonds. The number of carbonyl (C=O) groups is 2. The van der Waals surface area contributed by atoms with Crippen molar-refractivity contribution in [3.63, 3.8) is 0 Å². The van der Waals surface area contributed by atoms with Gasteiger partial charge in [-0.05, 0) is 24.1 Å². The van der Waals surface area contributed by atoms with Crippen LogP contribution in [0.15, 0.2) is 54.9 Å². The van der Waals surface area contributed by atoms with Crippen molar-refractivity contribution in [3.8, 4) is 0 Å². The zero-order valence-corrected chi connectivity index (χ0v) is 17.6. The Morgan fingerprint density at radius 3 is 2.57 bits per heavy atom. The van der Waals surface area contributed by atoms with Crippen LogP contribution in [0.4, 0.5) is 0 Å². The molecule has 0 bridgehead atoms. The third-order valence-corrected chi connectivity index (χ3v) is 5.03. The molecule has 0 spiro atoms. The Morgan fingerprint density at radius 2 is 1.87 bits per heavy atom. The summed E-state index contributed by atoms with van der Waals surface area (Å²) in [4.78, 5) is 29.5. The van der Waals surface area contributed by atoms with Gasteiger partial charge in [0, 0.05) is 37.8 Å². The zero-order valence-electron chi connectivity index (χ0n) is 16.8. The molecule has 0 saturated heterocycles. The molecule has 0 saturated carbocycles. The van der Waals surface area contributed by atoms with Crippen LogP contribution >= 0.6 is 11.6 Å². The van der Waals surface area contributed by atoms with E-state index in [0.29, 0.717) is 23.7 Å². The lowest BCUT2D eigenvalue weighted by atomic mass is 10.0. The summed E-state index contributed by atoms with van der Waals surface area (Å²) in [6, 6.07) is 12.4. The number of amides is 2. The number of aromatic nitrogens is 2. The highest BCUT2D eigenvalue weighted by molar-refractivity contribution is 6.30. The van der Waals surface area contributed by atoms with Gasteiger partial charge in [-0.3, -0.25) is 9.59 Å². The monoisotopic (exact) mass is 427 g/mol. The fourth-order valence-electron chi connectivity index (χ4n) is 3.22. The molecule has 0 unspecified atom stereocenters. The number of pyridine rings is 1. The fourth-order valence-corrected chi connectivity index (χ4v) is 3.39. The molecule has 0 fully saturated rings. The van der Waals surface area contributed by atoms with E-state index in [0.717, 1.165) is 11.2 Å². The number of benzene rings is 1. The van der Waals surface area contributed by atoms with E-state index < -0.39 is 6.04 Å². The molecule has 30 heavy (non-hydrogen) atoms. The minimum absolute atomic E-state index is 0.200. The van der Waals surface area contributed by atoms with Crippen molar-refractivity contribution in [2.45, 2.75) is 38.3 Å². The van der Waals surface area contributed by atoms with Crippen LogP contribution in [0.5, 0.6) is 0 Å². The van der Waals surface area contributed by atoms with Crippen LogP contribution in [-0.2, 0) is 22.4 Å². The molecule has 0 aliphatic carbocycles. The van der Waals surface area contributed by atoms with Crippen LogP contribution in [0.3, 0.4) is 0 Å². The molecule has 4 N–H and O–H groups in total. The highest BCUT2D eigenvalue weighted by atomic mass is 35.5. The standard InChI is InChI=1S/C22H26ClN5O2/c1-2-21(29)27-19(11-18-14-28-13-16(23)8-9-20(28)25-18)22(30)26-17(12-24)10-15-6-4-3-5-7-15/h3-9,13-14,17,19H,2,10-12,24H2,1H3,(H,26,30)(H,27,29)/t17-,19-/m0/s1. The summed E-state index contributed by atoms with van der Waals surface area (Å²) in [6.07, 6.45) is 4.72. The lowest BCUT2D eigenvalue weighted by Gasteiger charge is -2.22. The van der Waals surface area contributed by atoms with Crippen molar-refractivity contribution in [1.82, 2.24) is 20.0 Å². The van der Waals surface area contributed by atoms with E-state index in [1.807, 2.05) is 36.5 Å². The largest absolute Gasteiger partial charge is 0.350 e. The maximum atomic E-state index is 13.0. The Balaban J connectivity index is 1.73. The second kappa shape index (κ2) is 10.2. The van der Waals surface area contributed by atoms with E-state index in [1.54, 1.807) is 29.7 Å². The number of halogens is 1. The molecule has 7 nitrogen and oxygen atoms in total. The molecule has 1 aromatic carbocycles. The Bertz CT molecular complexity index is 1010. The van der Waals surface area contributed by atoms with E-state index in [2.05, 4.69) is 15.6 Å². The average Bonchev–Trinajstić information content (AvgIpc) is 3.14. The highest BCUT2D eigenvalue weighted by Gasteiger charge is 2.24. The Hall–Kier alpha value is -2.90. The van der Waals surface area contributed by atoms with E-state index in [9.17, 15) is 9.59 Å². The number of rotatable bonds is 9. The summed E-state index contributed by atoms with van der Waals surface area (Å²) < 4.78 is 1.80. The summed E-state index contributed by atoms with van der Waals surface area (Å²) in [6.45, 7) is 2.04. The van der Waals surface area contributed by atoms with Crippen molar-refractivity contribution in [2.75, 3.05) is 6.54 Å². The molecule has 0 radical (unpaired) electrons. The number of hydrogen-bond acceptors (Lipinski definition) is 4. The molecule has 158 valence electrons. The molecule has 0 aliphatic rings. The van der Waals surface area contributed by atoms with Gasteiger partial charge in [-0.1, -0.05) is 48.9 Å². The third-order valence-electron chi connectivity index (χ3n) is 4.81. The maximum absolute atomic E-state index is 13.0. The van der Waals surface area contributed by atoms with Gasteiger partial charge in [-0.15, -0.1) is 0 Å². The quantitative estimate of drug-likeness (QED) is 0.486. The van der Waals surface area contributed by atoms with E-state index in [4.69, 9.17) is 17.3 Å². The first-order valence-electron chi connectivity index (χ1n) is 9.95. The fraction of sp³-hybridized carbons (Fsp3) is 0.318. The lowest BCUT2D eigenvalue weighted by Crippen LogP contribution is -2.52. The smallest absolute Gasteiger partial charge is 0.243 e. The highest BCUT2D eigenvalue weighted by Crippen LogP contribution is 2.13. The molecule has 3 aromatic rings. The summed E-state index contributed by atoms with van der Waals surface area (Å²) in [5, 5.41) is 6.36. The summed E-state index contributed by atoms with van der Waals surface area (Å²) in [7, 11) is 0. The van der Waals surface area contributed by atoms with Gasteiger partial charge in [0.1, 0.15) is 11.7 Å². The number of hydrogen-bond donors (Lipinski definition) is 3. The number of imidazole rings is 1. The van der Waals surface area contributed by atoms with Crippen LogP contribution in [0.2, 0.25) is 5.02 Å². The van der Waals surface area contributed by atoms with Gasteiger partial charge < -0.3 is 20.8 Å². The number of nitrogens with one attached hydrogen (secondary N) is 2. The van der Waals surface area contributed by atoms with Gasteiger partial charge in [0.15, 0.2) is 0 Å². The average molecular weight is 428 g/mol. The Morgan fingerprint density at radius 1 is 1.10 bits per heavy atom. The minimum atomic E-state index is -0.748. The Labute approximate surface area is 180 Å². The van der Waals surface area contributed by atoms with Gasteiger partial charge >= 0.3 is 0 Å². The molecule has 3 rings (SSSR count). The predicted molar refractivity (Wildman–Crippen MR) is 117 cm³/mol. The van der Waals surface area contributed by atoms with Gasteiger partial charge in [-0.2, -0.15) is 0 Å². The second-order valence-corrected chi connectivity index (χ2v) is 7.59. The molecule has 2 aromatic heterocycles. The molecule has 8 heteroatoms. The second-order valence-electron chi connectivity index (χ2n) is 7.15. The molecular formula is C22H26ClN5O2. The topological polar surface area (TPSA) is 102 Å². The molecule has 2 atom stereocenters. The lowest BCUT2D eigenvalue weighted by molar-refractivity contribution is -0.129. The minimum Gasteiger partial charge on any atom is -0.350 e. The van der Waals surface area contributed by atoms with Gasteiger partial charge in [0.2, 0.25) is 11.8 Å². The molecular weight excluding hydrogens is 402 g/mol. The normalized spacial score (nSPS) is 13.0. The first-order chi connectivity index (χ1) is 14.5. The molecule has 0 aliphatic heterocycles. The van der Waals surface area contributed by atoms with Crippen molar-refractivity contribution >= 4 is 29.1 Å². The van der Waals surface area contributed by atoms with Gasteiger partial charge in [0.25, 0.3) is 0 Å². The maximum Gasteiger partial charge on any atom is 0.243 e. The van der Waals surface area contributed by atoms with Gasteiger partial charge in [0.05, 0.1) is 10.7 Å². The van der Waals surface area contributed by atoms with E-state index in [1.165, 1.54) is 0 Å². The number of fused-ring (bicyclic) bond motifs is 1. The van der Waals surface area contributed by atoms with Crippen molar-refractivity contribution in [3.05, 3.63) is 71.1 Å². The number of carbonyl (C=O) groups excluding carboxylic acids is 2. The van der Waals surface area contributed by atoms with Crippen molar-refractivity contribution in [2.24, 2.45) is 5.73 Å². The third kappa shape index (κ3) is 5.81. The van der Waals surface area contributed by atoms with Gasteiger partial charge in [-0.25, -0.2) is 4.98 Å². The van der Waals surface area contributed by atoms with Crippen molar-refractivity contribution < 1.29 is 9.59 Å². The number of nitrogens with zero attached hydrogens (tertiary/aromatic N) is 2. The zero-order chi connectivity index (χ0) is 21.5. The van der Waals surface area contributed by atoms with E-state index >= 15 is 0 Å². The summed E-state index contributed by atoms with van der Waals surface area (Å²) >= 11 is 6.03. The van der Waals surface area contributed by atoms with Crippen LogP contribution < -0.4 is 16.4 Å². The molecule has 2 heterocycles. The number of nitrogens with two attached hydrogens (primary N) is 1. The van der Waals surface area contributed by atoms with Crippen LogP contribution in [-0.4, -0.2) is 39.8 Å². The summed E-state index contributed by atoms with van der Waals surface area (Å²) in [5.74, 6) is -0.479.